The molecule has 0 saturated carbocycles. The first kappa shape index (κ1) is 16.7. The van der Waals surface area contributed by atoms with Gasteiger partial charge in [0.2, 0.25) is 0 Å². The van der Waals surface area contributed by atoms with E-state index in [2.05, 4.69) is 0 Å². The third kappa shape index (κ3) is 8.81. The molecule has 0 heterocycles. The van der Waals surface area contributed by atoms with Crippen molar-refractivity contribution in [3.8, 4) is 0 Å². The highest BCUT2D eigenvalue weighted by Gasteiger charge is 2.19. The average Bonchev–Trinajstić information content (AvgIpc) is 2.20. The number of rotatable bonds is 6. The Labute approximate surface area is 109 Å². The monoisotopic (exact) mass is 260 g/mol. The molecule has 18 heavy (non-hydrogen) atoms. The van der Waals surface area contributed by atoms with E-state index in [0.29, 0.717) is 19.6 Å². The van der Waals surface area contributed by atoms with Gasteiger partial charge in [0.1, 0.15) is 5.60 Å². The summed E-state index contributed by atoms with van der Waals surface area (Å²) in [5.41, 5.74) is -0.499. The molecule has 0 unspecified atom stereocenters. The number of aliphatic carboxylic acids is 1. The van der Waals surface area contributed by atoms with Gasteiger partial charge in [-0.15, -0.1) is 0 Å². The number of carbonyl (C=O) groups excluding carboxylic acids is 1. The molecule has 106 valence electrons. The van der Waals surface area contributed by atoms with Crippen molar-refractivity contribution in [3.63, 3.8) is 0 Å². The SMILES string of the molecule is CN(CCC(=O)O)CCN(C)C(=O)OC(C)(C)C. The lowest BCUT2D eigenvalue weighted by Crippen LogP contribution is -2.38. The molecule has 1 N–H and O–H groups in total. The molecule has 0 bridgehead atoms. The second-order valence-electron chi connectivity index (χ2n) is 5.35. The maximum Gasteiger partial charge on any atom is 0.410 e. The molecule has 6 heteroatoms. The number of hydrogen-bond acceptors (Lipinski definition) is 4. The van der Waals surface area contributed by atoms with E-state index in [4.69, 9.17) is 9.84 Å². The Morgan fingerprint density at radius 2 is 1.67 bits per heavy atom. The molecule has 0 spiro atoms. The Bertz CT molecular complexity index is 286. The normalized spacial score (nSPS) is 11.4. The number of hydrogen-bond donors (Lipinski definition) is 1. The highest BCUT2D eigenvalue weighted by atomic mass is 16.6. The van der Waals surface area contributed by atoms with Crippen molar-refractivity contribution in [3.05, 3.63) is 0 Å². The highest BCUT2D eigenvalue weighted by molar-refractivity contribution is 5.67. The third-order valence-electron chi connectivity index (χ3n) is 2.23. The molecule has 0 aromatic rings. The fourth-order valence-electron chi connectivity index (χ4n) is 1.15. The number of amides is 1. The average molecular weight is 260 g/mol. The summed E-state index contributed by atoms with van der Waals surface area (Å²) in [6, 6.07) is 0. The predicted octanol–water partition coefficient (Wildman–Crippen LogP) is 1.26. The third-order valence-corrected chi connectivity index (χ3v) is 2.23. The fourth-order valence-corrected chi connectivity index (χ4v) is 1.15. The van der Waals surface area contributed by atoms with E-state index in [1.54, 1.807) is 7.05 Å². The zero-order chi connectivity index (χ0) is 14.3. The Morgan fingerprint density at radius 1 is 1.11 bits per heavy atom. The number of carboxylic acid groups (broad SMARTS) is 1. The molecule has 0 saturated heterocycles. The van der Waals surface area contributed by atoms with Gasteiger partial charge in [-0.25, -0.2) is 4.79 Å². The van der Waals surface area contributed by atoms with E-state index in [1.807, 2.05) is 32.7 Å². The molecule has 6 nitrogen and oxygen atoms in total. The molecule has 0 aliphatic carbocycles. The Morgan fingerprint density at radius 3 is 2.11 bits per heavy atom. The van der Waals surface area contributed by atoms with E-state index in [9.17, 15) is 9.59 Å². The van der Waals surface area contributed by atoms with E-state index in [-0.39, 0.29) is 12.5 Å². The molecule has 0 atom stereocenters. The molecular weight excluding hydrogens is 236 g/mol. The summed E-state index contributed by atoms with van der Waals surface area (Å²) in [4.78, 5) is 25.4. The lowest BCUT2D eigenvalue weighted by atomic mass is 10.2. The van der Waals surface area contributed by atoms with Crippen LogP contribution in [0.4, 0.5) is 4.79 Å². The van der Waals surface area contributed by atoms with Crippen LogP contribution in [0.5, 0.6) is 0 Å². The van der Waals surface area contributed by atoms with E-state index in [1.165, 1.54) is 4.90 Å². The standard InChI is InChI=1S/C12H24N2O4/c1-12(2,3)18-11(17)14(5)9-8-13(4)7-6-10(15)16/h6-9H2,1-5H3,(H,15,16). The predicted molar refractivity (Wildman–Crippen MR) is 68.6 cm³/mol. The summed E-state index contributed by atoms with van der Waals surface area (Å²) in [6.07, 6.45) is -0.263. The van der Waals surface area contributed by atoms with Crippen LogP contribution in [0.25, 0.3) is 0 Å². The first-order chi connectivity index (χ1) is 8.11. The molecule has 0 aromatic carbocycles. The highest BCUT2D eigenvalue weighted by Crippen LogP contribution is 2.08. The van der Waals surface area contributed by atoms with Gasteiger partial charge < -0.3 is 19.6 Å². The van der Waals surface area contributed by atoms with Crippen LogP contribution in [0.15, 0.2) is 0 Å². The van der Waals surface area contributed by atoms with Crippen molar-refractivity contribution in [2.75, 3.05) is 33.7 Å². The summed E-state index contributed by atoms with van der Waals surface area (Å²) in [7, 11) is 3.49. The summed E-state index contributed by atoms with van der Waals surface area (Å²) in [5.74, 6) is -0.817. The zero-order valence-corrected chi connectivity index (χ0v) is 11.9. The molecule has 0 aliphatic rings. The fraction of sp³-hybridized carbons (Fsp3) is 0.833. The van der Waals surface area contributed by atoms with E-state index in [0.717, 1.165) is 0 Å². The summed E-state index contributed by atoms with van der Waals surface area (Å²) < 4.78 is 5.20. The Balaban J connectivity index is 3.91. The second-order valence-corrected chi connectivity index (χ2v) is 5.35. The van der Waals surface area contributed by atoms with Crippen molar-refractivity contribution in [1.82, 2.24) is 9.80 Å². The Kier molecular flexibility index (Phi) is 6.68. The number of nitrogens with zero attached hydrogens (tertiary/aromatic N) is 2. The van der Waals surface area contributed by atoms with Crippen LogP contribution in [0.1, 0.15) is 27.2 Å². The lowest BCUT2D eigenvalue weighted by Gasteiger charge is -2.26. The quantitative estimate of drug-likeness (QED) is 0.778. The minimum atomic E-state index is -0.817. The van der Waals surface area contributed by atoms with Crippen LogP contribution in [-0.2, 0) is 9.53 Å². The number of likely N-dealkylation sites (N-methyl/N-ethyl adjacent to an activating group) is 2. The van der Waals surface area contributed by atoms with E-state index < -0.39 is 11.6 Å². The maximum atomic E-state index is 11.6. The summed E-state index contributed by atoms with van der Waals surface area (Å²) in [5, 5.41) is 8.54. The van der Waals surface area contributed by atoms with Crippen LogP contribution >= 0.6 is 0 Å². The van der Waals surface area contributed by atoms with Gasteiger partial charge in [-0.05, 0) is 27.8 Å². The molecule has 0 radical (unpaired) electrons. The first-order valence-electron chi connectivity index (χ1n) is 5.96. The van der Waals surface area contributed by atoms with Gasteiger partial charge in [-0.1, -0.05) is 0 Å². The van der Waals surface area contributed by atoms with Gasteiger partial charge in [0.05, 0.1) is 6.42 Å². The largest absolute Gasteiger partial charge is 0.481 e. The van der Waals surface area contributed by atoms with Crippen molar-refractivity contribution in [1.29, 1.82) is 0 Å². The molecule has 0 rings (SSSR count). The van der Waals surface area contributed by atoms with Gasteiger partial charge in [-0.3, -0.25) is 4.79 Å². The number of carbonyl (C=O) groups is 2. The first-order valence-corrected chi connectivity index (χ1v) is 5.96. The number of ether oxygens (including phenoxy) is 1. The van der Waals surface area contributed by atoms with Gasteiger partial charge in [0, 0.05) is 26.7 Å². The van der Waals surface area contributed by atoms with Gasteiger partial charge in [-0.2, -0.15) is 0 Å². The van der Waals surface area contributed by atoms with Crippen molar-refractivity contribution >= 4 is 12.1 Å². The molecule has 0 aromatic heterocycles. The topological polar surface area (TPSA) is 70.1 Å². The van der Waals surface area contributed by atoms with Crippen LogP contribution in [-0.4, -0.2) is 66.3 Å². The van der Waals surface area contributed by atoms with Gasteiger partial charge in [0.15, 0.2) is 0 Å². The van der Waals surface area contributed by atoms with Crippen LogP contribution < -0.4 is 0 Å². The lowest BCUT2D eigenvalue weighted by molar-refractivity contribution is -0.137. The van der Waals surface area contributed by atoms with Crippen molar-refractivity contribution in [2.24, 2.45) is 0 Å². The van der Waals surface area contributed by atoms with Gasteiger partial charge >= 0.3 is 12.1 Å². The maximum absolute atomic E-state index is 11.6. The molecule has 1 amide bonds. The van der Waals surface area contributed by atoms with E-state index >= 15 is 0 Å². The van der Waals surface area contributed by atoms with Crippen molar-refractivity contribution in [2.45, 2.75) is 32.8 Å². The molecule has 0 aliphatic heterocycles. The minimum absolute atomic E-state index is 0.104. The molecular formula is C12H24N2O4. The zero-order valence-electron chi connectivity index (χ0n) is 11.9. The van der Waals surface area contributed by atoms with Gasteiger partial charge in [0.25, 0.3) is 0 Å². The van der Waals surface area contributed by atoms with Crippen molar-refractivity contribution < 1.29 is 19.4 Å². The van der Waals surface area contributed by atoms with Crippen LogP contribution in [0, 0.1) is 0 Å². The summed E-state index contributed by atoms with van der Waals surface area (Å²) in [6.45, 7) is 7.04. The van der Waals surface area contributed by atoms with Crippen LogP contribution in [0.2, 0.25) is 0 Å². The summed E-state index contributed by atoms with van der Waals surface area (Å²) >= 11 is 0. The smallest absolute Gasteiger partial charge is 0.410 e. The molecule has 0 fully saturated rings. The Hall–Kier alpha value is -1.30. The minimum Gasteiger partial charge on any atom is -0.481 e. The second kappa shape index (κ2) is 7.20. The number of carboxylic acids is 1. The van der Waals surface area contributed by atoms with Crippen LogP contribution in [0.3, 0.4) is 0 Å².